The third-order valence-electron chi connectivity index (χ3n) is 6.61. The second-order valence-corrected chi connectivity index (χ2v) is 9.64. The molecule has 1 saturated heterocycles. The molecule has 1 fully saturated rings. The number of halogens is 8. The Kier molecular flexibility index (Phi) is 9.30. The van der Waals surface area contributed by atoms with Crippen LogP contribution < -0.4 is 0 Å². The average molecular weight is 571 g/mol. The Morgan fingerprint density at radius 3 is 1.95 bits per heavy atom. The molecule has 3 aromatic carbocycles. The average Bonchev–Trinajstić information content (AvgIpc) is 2.87. The first-order valence-corrected chi connectivity index (χ1v) is 12.7. The lowest BCUT2D eigenvalue weighted by Gasteiger charge is -2.29. The minimum atomic E-state index is -5.13. The van der Waals surface area contributed by atoms with Crippen molar-refractivity contribution in [1.82, 2.24) is 0 Å². The predicted molar refractivity (Wildman–Crippen MR) is 135 cm³/mol. The molecule has 3 aromatic rings. The van der Waals surface area contributed by atoms with Crippen molar-refractivity contribution < 1.29 is 44.6 Å². The molecule has 0 bridgehead atoms. The molecule has 0 atom stereocenters. The molecule has 0 N–H and O–H groups in total. The van der Waals surface area contributed by atoms with Crippen molar-refractivity contribution in [3.05, 3.63) is 89.0 Å². The lowest BCUT2D eigenvalue weighted by Crippen LogP contribution is -2.27. The highest BCUT2D eigenvalue weighted by Crippen LogP contribution is 2.35. The zero-order chi connectivity index (χ0) is 29.0. The van der Waals surface area contributed by atoms with Crippen LogP contribution in [0.4, 0.5) is 35.1 Å². The molecule has 214 valence electrons. The zero-order valence-corrected chi connectivity index (χ0v) is 21.4. The maximum Gasteiger partial charge on any atom is 0.412 e. The summed E-state index contributed by atoms with van der Waals surface area (Å²) in [5.41, 5.74) is -1.57. The lowest BCUT2D eigenvalue weighted by molar-refractivity contribution is -0.206. The van der Waals surface area contributed by atoms with Crippen LogP contribution >= 0.6 is 0 Å². The fourth-order valence-corrected chi connectivity index (χ4v) is 4.59. The van der Waals surface area contributed by atoms with E-state index < -0.39 is 53.2 Å². The minimum absolute atomic E-state index is 0.0505. The third-order valence-corrected chi connectivity index (χ3v) is 6.61. The van der Waals surface area contributed by atoms with Crippen LogP contribution in [0.25, 0.3) is 28.1 Å². The first-order valence-electron chi connectivity index (χ1n) is 12.7. The van der Waals surface area contributed by atoms with E-state index >= 15 is 4.39 Å². The summed E-state index contributed by atoms with van der Waals surface area (Å²) in [7, 11) is 0. The van der Waals surface area contributed by atoms with E-state index in [0.717, 1.165) is 37.8 Å². The molecule has 1 aliphatic heterocycles. The number of allylic oxidation sites excluding steroid dienone is 1. The molecule has 0 radical (unpaired) electrons. The van der Waals surface area contributed by atoms with E-state index in [-0.39, 0.29) is 28.2 Å². The summed E-state index contributed by atoms with van der Waals surface area (Å²) >= 11 is 0. The molecule has 0 spiro atoms. The van der Waals surface area contributed by atoms with Gasteiger partial charge in [0.15, 0.2) is 6.29 Å². The van der Waals surface area contributed by atoms with Crippen LogP contribution in [0, 0.1) is 29.2 Å². The molecule has 0 amide bonds. The van der Waals surface area contributed by atoms with E-state index in [1.54, 1.807) is 6.07 Å². The van der Waals surface area contributed by atoms with E-state index in [0.29, 0.717) is 30.9 Å². The summed E-state index contributed by atoms with van der Waals surface area (Å²) < 4.78 is 121. The standard InChI is InChI=1S/C30H26F8O2/c1-2-3-4-5-17-15-39-29(40-16-17)19-7-9-21(24(32)11-19)18-6-8-22(23(31)10-18)20-12-25(33)28(26(34)13-20)27(35)14-30(36,37)38/h6-14,17,29H,2-5,15-16H2,1H3/b27-14-. The molecular weight excluding hydrogens is 544 g/mol. The SMILES string of the molecule is CCCCCC1COC(c2ccc(-c3ccc(-c4cc(F)c(/C(F)=C/C(F)(F)F)c(F)c4)c(F)c3)c(F)c2)OC1. The Hall–Kier alpha value is -3.24. The lowest BCUT2D eigenvalue weighted by atomic mass is 9.97. The van der Waals surface area contributed by atoms with E-state index in [1.165, 1.54) is 18.2 Å². The number of ether oxygens (including phenoxy) is 2. The van der Waals surface area contributed by atoms with Gasteiger partial charge in [-0.3, -0.25) is 0 Å². The van der Waals surface area contributed by atoms with Crippen molar-refractivity contribution >= 4 is 5.83 Å². The third kappa shape index (κ3) is 7.09. The van der Waals surface area contributed by atoms with Crippen molar-refractivity contribution in [2.75, 3.05) is 13.2 Å². The zero-order valence-electron chi connectivity index (χ0n) is 21.4. The van der Waals surface area contributed by atoms with Crippen LogP contribution in [0.1, 0.15) is 50.0 Å². The smallest absolute Gasteiger partial charge is 0.348 e. The van der Waals surface area contributed by atoms with E-state index in [9.17, 15) is 30.7 Å². The van der Waals surface area contributed by atoms with Gasteiger partial charge in [0.05, 0.1) is 24.9 Å². The first kappa shape index (κ1) is 29.7. The summed E-state index contributed by atoms with van der Waals surface area (Å²) in [4.78, 5) is 0. The molecular formula is C30H26F8O2. The van der Waals surface area contributed by atoms with Gasteiger partial charge in [-0.25, -0.2) is 22.0 Å². The Balaban J connectivity index is 1.51. The maximum atomic E-state index is 15.0. The number of benzene rings is 3. The second-order valence-electron chi connectivity index (χ2n) is 9.64. The molecule has 2 nitrogen and oxygen atoms in total. The van der Waals surface area contributed by atoms with Crippen LogP contribution in [-0.2, 0) is 9.47 Å². The molecule has 1 aliphatic rings. The van der Waals surface area contributed by atoms with Gasteiger partial charge in [-0.15, -0.1) is 0 Å². The van der Waals surface area contributed by atoms with Gasteiger partial charge >= 0.3 is 6.18 Å². The van der Waals surface area contributed by atoms with Gasteiger partial charge in [-0.05, 0) is 41.8 Å². The van der Waals surface area contributed by atoms with Crippen molar-refractivity contribution in [2.45, 2.75) is 45.1 Å². The van der Waals surface area contributed by atoms with Crippen LogP contribution in [-0.4, -0.2) is 19.4 Å². The molecule has 1 heterocycles. The predicted octanol–water partition coefficient (Wildman–Crippen LogP) is 9.69. The van der Waals surface area contributed by atoms with Gasteiger partial charge in [0.25, 0.3) is 0 Å². The fraction of sp³-hybridized carbons (Fsp3) is 0.333. The summed E-state index contributed by atoms with van der Waals surface area (Å²) in [5, 5.41) is 0. The number of rotatable bonds is 8. The molecule has 0 unspecified atom stereocenters. The van der Waals surface area contributed by atoms with Gasteiger partial charge < -0.3 is 9.47 Å². The monoisotopic (exact) mass is 570 g/mol. The number of alkyl halides is 3. The highest BCUT2D eigenvalue weighted by atomic mass is 19.4. The Morgan fingerprint density at radius 1 is 0.800 bits per heavy atom. The van der Waals surface area contributed by atoms with Crippen LogP contribution in [0.2, 0.25) is 0 Å². The number of hydrogen-bond acceptors (Lipinski definition) is 2. The van der Waals surface area contributed by atoms with Crippen molar-refractivity contribution in [1.29, 1.82) is 0 Å². The first-order chi connectivity index (χ1) is 19.0. The van der Waals surface area contributed by atoms with Crippen LogP contribution in [0.3, 0.4) is 0 Å². The Bertz CT molecular complexity index is 1350. The summed E-state index contributed by atoms with van der Waals surface area (Å²) in [6.45, 7) is 3.12. The molecule has 10 heteroatoms. The fourth-order valence-electron chi connectivity index (χ4n) is 4.59. The van der Waals surface area contributed by atoms with Gasteiger partial charge in [0.2, 0.25) is 0 Å². The molecule has 4 rings (SSSR count). The molecule has 0 aliphatic carbocycles. The Labute approximate surface area is 226 Å². The maximum absolute atomic E-state index is 15.0. The molecule has 40 heavy (non-hydrogen) atoms. The van der Waals surface area contributed by atoms with Crippen molar-refractivity contribution in [2.24, 2.45) is 5.92 Å². The Morgan fingerprint density at radius 2 is 1.38 bits per heavy atom. The largest absolute Gasteiger partial charge is 0.412 e. The van der Waals surface area contributed by atoms with Crippen LogP contribution in [0.5, 0.6) is 0 Å². The van der Waals surface area contributed by atoms with E-state index in [2.05, 4.69) is 6.92 Å². The minimum Gasteiger partial charge on any atom is -0.348 e. The van der Waals surface area contributed by atoms with Gasteiger partial charge in [-0.2, -0.15) is 13.2 Å². The quantitative estimate of drug-likeness (QED) is 0.198. The summed E-state index contributed by atoms with van der Waals surface area (Å²) in [5.74, 6) is -6.81. The van der Waals surface area contributed by atoms with E-state index in [1.807, 2.05) is 0 Å². The van der Waals surface area contributed by atoms with Gasteiger partial charge in [0, 0.05) is 22.6 Å². The second kappa shape index (κ2) is 12.5. The summed E-state index contributed by atoms with van der Waals surface area (Å²) in [6.07, 6.45) is -2.40. The molecule has 0 aromatic heterocycles. The highest BCUT2D eigenvalue weighted by molar-refractivity contribution is 5.73. The number of hydrogen-bond donors (Lipinski definition) is 0. The van der Waals surface area contributed by atoms with Crippen molar-refractivity contribution in [3.63, 3.8) is 0 Å². The highest BCUT2D eigenvalue weighted by Gasteiger charge is 2.28. The normalized spacial score (nSPS) is 18.3. The van der Waals surface area contributed by atoms with Gasteiger partial charge in [0.1, 0.15) is 29.1 Å². The topological polar surface area (TPSA) is 18.5 Å². The number of unbranched alkanes of at least 4 members (excludes halogenated alkanes) is 2. The van der Waals surface area contributed by atoms with Gasteiger partial charge in [-0.1, -0.05) is 50.5 Å². The summed E-state index contributed by atoms with van der Waals surface area (Å²) in [6, 6.07) is 8.72. The molecule has 0 saturated carbocycles. The van der Waals surface area contributed by atoms with Crippen LogP contribution in [0.15, 0.2) is 54.6 Å². The van der Waals surface area contributed by atoms with E-state index in [4.69, 9.17) is 9.47 Å². The van der Waals surface area contributed by atoms with Crippen molar-refractivity contribution in [3.8, 4) is 22.3 Å².